The molecule has 0 saturated heterocycles. The lowest BCUT2D eigenvalue weighted by Gasteiger charge is -2.19. The van der Waals surface area contributed by atoms with E-state index >= 15 is 0 Å². The molecule has 0 aliphatic heterocycles. The van der Waals surface area contributed by atoms with Gasteiger partial charge in [0.05, 0.1) is 0 Å². The predicted molar refractivity (Wildman–Crippen MR) is 87.3 cm³/mol. The molecular weight excluding hydrogens is 338 g/mol. The van der Waals surface area contributed by atoms with Crippen LogP contribution in [0, 0.1) is 0 Å². The number of hydrogen-bond acceptors (Lipinski definition) is 3. The molecule has 20 heavy (non-hydrogen) atoms. The number of aryl methyl sites for hydroxylation is 1. The van der Waals surface area contributed by atoms with E-state index in [1.807, 2.05) is 37.4 Å². The molecule has 0 radical (unpaired) electrons. The van der Waals surface area contributed by atoms with Crippen LogP contribution < -0.4 is 4.90 Å². The van der Waals surface area contributed by atoms with Gasteiger partial charge in [0.2, 0.25) is 0 Å². The molecule has 0 fully saturated rings. The van der Waals surface area contributed by atoms with Gasteiger partial charge in [0.25, 0.3) is 0 Å². The van der Waals surface area contributed by atoms with Crippen molar-refractivity contribution in [3.05, 3.63) is 51.3 Å². The monoisotopic (exact) mass is 353 g/mol. The second-order valence-electron chi connectivity index (χ2n) is 4.66. The summed E-state index contributed by atoms with van der Waals surface area (Å²) < 4.78 is 0.817. The highest BCUT2D eigenvalue weighted by Gasteiger charge is 2.09. The van der Waals surface area contributed by atoms with Gasteiger partial charge in [-0.3, -0.25) is 0 Å². The minimum atomic E-state index is 0.717. The summed E-state index contributed by atoms with van der Waals surface area (Å²) in [5.74, 6) is 1.76. The molecule has 106 valence electrons. The lowest BCUT2D eigenvalue weighted by molar-refractivity contribution is 0.806. The van der Waals surface area contributed by atoms with Crippen LogP contribution in [0.4, 0.5) is 5.82 Å². The van der Waals surface area contributed by atoms with Gasteiger partial charge in [-0.15, -0.1) is 0 Å². The Labute approximate surface area is 133 Å². The van der Waals surface area contributed by atoms with Crippen LogP contribution in [0.1, 0.15) is 24.7 Å². The topological polar surface area (TPSA) is 29.0 Å². The van der Waals surface area contributed by atoms with Gasteiger partial charge in [-0.25, -0.2) is 9.97 Å². The van der Waals surface area contributed by atoms with Crippen molar-refractivity contribution >= 4 is 33.3 Å². The molecule has 0 aliphatic carbocycles. The number of anilines is 1. The Hall–Kier alpha value is -1.13. The zero-order valence-electron chi connectivity index (χ0n) is 11.6. The van der Waals surface area contributed by atoms with E-state index in [-0.39, 0.29) is 0 Å². The fourth-order valence-corrected chi connectivity index (χ4v) is 2.55. The van der Waals surface area contributed by atoms with Gasteiger partial charge < -0.3 is 4.90 Å². The van der Waals surface area contributed by atoms with Crippen LogP contribution in [0.25, 0.3) is 0 Å². The van der Waals surface area contributed by atoms with Gasteiger partial charge in [0, 0.05) is 31.1 Å². The smallest absolute Gasteiger partial charge is 0.133 e. The zero-order valence-corrected chi connectivity index (χ0v) is 13.9. The SMILES string of the molecule is CCCc1nc(Br)cc(N(C)Cc2ccccc2Cl)n1. The summed E-state index contributed by atoms with van der Waals surface area (Å²) in [6.07, 6.45) is 1.91. The highest BCUT2D eigenvalue weighted by molar-refractivity contribution is 9.10. The average Bonchev–Trinajstić information content (AvgIpc) is 2.41. The molecule has 1 aromatic carbocycles. The molecule has 3 nitrogen and oxygen atoms in total. The number of hydrogen-bond donors (Lipinski definition) is 0. The maximum absolute atomic E-state index is 6.20. The van der Waals surface area contributed by atoms with Gasteiger partial charge in [0.1, 0.15) is 16.2 Å². The molecule has 1 aromatic heterocycles. The molecule has 0 spiro atoms. The van der Waals surface area contributed by atoms with E-state index in [1.165, 1.54) is 0 Å². The first kappa shape index (κ1) is 15.3. The first-order valence-corrected chi connectivity index (χ1v) is 7.75. The van der Waals surface area contributed by atoms with Crippen molar-refractivity contribution in [2.45, 2.75) is 26.3 Å². The minimum absolute atomic E-state index is 0.717. The van der Waals surface area contributed by atoms with Crippen LogP contribution in [-0.4, -0.2) is 17.0 Å². The van der Waals surface area contributed by atoms with E-state index in [4.69, 9.17) is 11.6 Å². The maximum atomic E-state index is 6.20. The van der Waals surface area contributed by atoms with Crippen LogP contribution in [0.2, 0.25) is 5.02 Å². The number of halogens is 2. The first-order chi connectivity index (χ1) is 9.60. The van der Waals surface area contributed by atoms with Gasteiger partial charge >= 0.3 is 0 Å². The largest absolute Gasteiger partial charge is 0.355 e. The van der Waals surface area contributed by atoms with Crippen LogP contribution in [0.3, 0.4) is 0 Å². The van der Waals surface area contributed by atoms with Crippen molar-refractivity contribution in [1.82, 2.24) is 9.97 Å². The highest BCUT2D eigenvalue weighted by Crippen LogP contribution is 2.21. The predicted octanol–water partition coefficient (Wildman–Crippen LogP) is 4.48. The molecule has 0 unspecified atom stereocenters. The summed E-state index contributed by atoms with van der Waals surface area (Å²) in [6.45, 7) is 2.84. The van der Waals surface area contributed by atoms with E-state index in [2.05, 4.69) is 37.7 Å². The fraction of sp³-hybridized carbons (Fsp3) is 0.333. The van der Waals surface area contributed by atoms with Crippen LogP contribution >= 0.6 is 27.5 Å². The molecule has 0 saturated carbocycles. The van der Waals surface area contributed by atoms with Crippen LogP contribution in [0.5, 0.6) is 0 Å². The summed E-state index contributed by atoms with van der Waals surface area (Å²) in [7, 11) is 2.01. The Kier molecular flexibility index (Phi) is 5.38. The second-order valence-corrected chi connectivity index (χ2v) is 5.88. The molecule has 0 atom stereocenters. The van der Waals surface area contributed by atoms with E-state index in [0.717, 1.165) is 39.7 Å². The third kappa shape index (κ3) is 3.93. The molecule has 0 bridgehead atoms. The van der Waals surface area contributed by atoms with E-state index in [9.17, 15) is 0 Å². The molecule has 0 aliphatic rings. The lowest BCUT2D eigenvalue weighted by Crippen LogP contribution is -2.19. The van der Waals surface area contributed by atoms with E-state index < -0.39 is 0 Å². The van der Waals surface area contributed by atoms with Crippen LogP contribution in [-0.2, 0) is 13.0 Å². The summed E-state index contributed by atoms with van der Waals surface area (Å²) in [5, 5.41) is 0.779. The molecule has 5 heteroatoms. The lowest BCUT2D eigenvalue weighted by atomic mass is 10.2. The van der Waals surface area contributed by atoms with Gasteiger partial charge in [-0.2, -0.15) is 0 Å². The van der Waals surface area contributed by atoms with Crippen molar-refractivity contribution in [2.75, 3.05) is 11.9 Å². The van der Waals surface area contributed by atoms with Gasteiger partial charge in [-0.1, -0.05) is 36.7 Å². The van der Waals surface area contributed by atoms with Gasteiger partial charge in [0.15, 0.2) is 0 Å². The van der Waals surface area contributed by atoms with Crippen molar-refractivity contribution < 1.29 is 0 Å². The second kappa shape index (κ2) is 7.04. The average molecular weight is 355 g/mol. The number of benzene rings is 1. The van der Waals surface area contributed by atoms with Crippen molar-refractivity contribution in [1.29, 1.82) is 0 Å². The zero-order chi connectivity index (χ0) is 14.5. The van der Waals surface area contributed by atoms with Crippen molar-refractivity contribution in [3.8, 4) is 0 Å². The number of nitrogens with zero attached hydrogens (tertiary/aromatic N) is 3. The summed E-state index contributed by atoms with van der Waals surface area (Å²) in [6, 6.07) is 9.79. The van der Waals surface area contributed by atoms with Crippen molar-refractivity contribution in [3.63, 3.8) is 0 Å². The van der Waals surface area contributed by atoms with E-state index in [0.29, 0.717) is 6.54 Å². The quantitative estimate of drug-likeness (QED) is 0.741. The van der Waals surface area contributed by atoms with E-state index in [1.54, 1.807) is 0 Å². The van der Waals surface area contributed by atoms with Gasteiger partial charge in [-0.05, 0) is 34.0 Å². The Bertz CT molecular complexity index is 589. The summed E-state index contributed by atoms with van der Waals surface area (Å²) in [5.41, 5.74) is 1.09. The summed E-state index contributed by atoms with van der Waals surface area (Å²) in [4.78, 5) is 11.1. The first-order valence-electron chi connectivity index (χ1n) is 6.58. The highest BCUT2D eigenvalue weighted by atomic mass is 79.9. The molecule has 0 N–H and O–H groups in total. The Morgan fingerprint density at radius 1 is 1.25 bits per heavy atom. The molecule has 2 rings (SSSR count). The minimum Gasteiger partial charge on any atom is -0.355 e. The Morgan fingerprint density at radius 2 is 2.00 bits per heavy atom. The molecule has 2 aromatic rings. The normalized spacial score (nSPS) is 10.6. The third-order valence-electron chi connectivity index (χ3n) is 2.96. The summed E-state index contributed by atoms with van der Waals surface area (Å²) >= 11 is 9.65. The fourth-order valence-electron chi connectivity index (χ4n) is 1.95. The van der Waals surface area contributed by atoms with Crippen molar-refractivity contribution in [2.24, 2.45) is 0 Å². The Morgan fingerprint density at radius 3 is 2.70 bits per heavy atom. The third-order valence-corrected chi connectivity index (χ3v) is 3.73. The number of aromatic nitrogens is 2. The molecule has 1 heterocycles. The standard InChI is InChI=1S/C15H17BrClN3/c1-3-6-14-18-13(16)9-15(19-14)20(2)10-11-7-4-5-8-12(11)17/h4-5,7-9H,3,6,10H2,1-2H3. The number of rotatable bonds is 5. The van der Waals surface area contributed by atoms with Crippen LogP contribution in [0.15, 0.2) is 34.9 Å². The molecular formula is C15H17BrClN3. The Balaban J connectivity index is 2.20. The molecule has 0 amide bonds. The maximum Gasteiger partial charge on any atom is 0.133 e.